The number of carbonyl (C=O) groups excluding carboxylic acids is 2. The van der Waals surface area contributed by atoms with Gasteiger partial charge in [-0.3, -0.25) is 18.6 Å². The molecule has 0 radical (unpaired) electrons. The maximum absolute atomic E-state index is 12.7. The van der Waals surface area contributed by atoms with Crippen LogP contribution in [0.5, 0.6) is 0 Å². The van der Waals surface area contributed by atoms with Crippen molar-refractivity contribution in [1.82, 2.24) is 0 Å². The Morgan fingerprint density at radius 2 is 0.852 bits per heavy atom. The van der Waals surface area contributed by atoms with Crippen LogP contribution in [0, 0.1) is 0 Å². The van der Waals surface area contributed by atoms with Crippen LogP contribution in [0.25, 0.3) is 0 Å². The average molecular weight is 883 g/mol. The van der Waals surface area contributed by atoms with Gasteiger partial charge in [-0.1, -0.05) is 197 Å². The van der Waals surface area contributed by atoms with Gasteiger partial charge in [-0.05, 0) is 57.8 Å². The molecule has 0 bridgehead atoms. The van der Waals surface area contributed by atoms with E-state index in [1.165, 1.54) is 122 Å². The number of allylic oxidation sites excluding steroid dienone is 8. The van der Waals surface area contributed by atoms with Crippen LogP contribution in [0.2, 0.25) is 0 Å². The molecule has 0 fully saturated rings. The predicted molar refractivity (Wildman–Crippen MR) is 251 cm³/mol. The van der Waals surface area contributed by atoms with Crippen LogP contribution in [0.1, 0.15) is 219 Å². The first-order valence-corrected chi connectivity index (χ1v) is 26.1. The summed E-state index contributed by atoms with van der Waals surface area (Å²) in [6.45, 7) is 2.35. The van der Waals surface area contributed by atoms with E-state index in [4.69, 9.17) is 23.6 Å². The molecule has 10 nitrogen and oxygen atoms in total. The van der Waals surface area contributed by atoms with Crippen LogP contribution < -0.4 is 0 Å². The van der Waals surface area contributed by atoms with E-state index in [2.05, 4.69) is 62.5 Å². The molecule has 0 heterocycles. The molecule has 3 N–H and O–H groups in total. The lowest BCUT2D eigenvalue weighted by Crippen LogP contribution is -2.29. The number of unbranched alkanes of at least 4 members (excludes halogenated alkanes) is 24. The molecule has 0 amide bonds. The quantitative estimate of drug-likeness (QED) is 0.0233. The van der Waals surface area contributed by atoms with Crippen molar-refractivity contribution in [2.24, 2.45) is 0 Å². The highest BCUT2D eigenvalue weighted by molar-refractivity contribution is 7.47. The molecular formula is C50H91O10P. The van der Waals surface area contributed by atoms with Gasteiger partial charge in [-0.25, -0.2) is 4.57 Å². The standard InChI is InChI=1S/C50H91O10P/c1-3-5-7-9-11-13-15-17-19-21-23-25-27-29-31-33-35-37-39-41-49(53)57-45-48(46-59-61(55,56)58-44-47(52)43-51)60-50(54)42-40-38-36-34-32-30-28-26-24-22-20-18-16-14-12-10-8-6-4-2/h11,13,17,19,23,25,29,31,47-48,51-52H,3-10,12,14-16,18,20-22,24,26-28,30,32-46H2,1-2H3,(H,55,56)/b13-11+,19-17+,25-23+,31-29+/t47-,48+/m0/s1. The summed E-state index contributed by atoms with van der Waals surface area (Å²) in [5.74, 6) is -0.954. The maximum atomic E-state index is 12.7. The van der Waals surface area contributed by atoms with Crippen molar-refractivity contribution < 1.29 is 47.8 Å². The van der Waals surface area contributed by atoms with E-state index in [0.29, 0.717) is 12.8 Å². The third-order valence-corrected chi connectivity index (χ3v) is 11.4. The largest absolute Gasteiger partial charge is 0.472 e. The van der Waals surface area contributed by atoms with Crippen LogP contribution in [0.3, 0.4) is 0 Å². The number of esters is 2. The first kappa shape index (κ1) is 58.9. The second kappa shape index (κ2) is 45.9. The fourth-order valence-corrected chi connectivity index (χ4v) is 7.47. The Kier molecular flexibility index (Phi) is 44.4. The normalized spacial score (nSPS) is 14.1. The highest BCUT2D eigenvalue weighted by Gasteiger charge is 2.27. The number of aliphatic hydroxyl groups is 2. The topological polar surface area (TPSA) is 149 Å². The van der Waals surface area contributed by atoms with Gasteiger partial charge < -0.3 is 24.6 Å². The predicted octanol–water partition coefficient (Wildman–Crippen LogP) is 13.7. The first-order chi connectivity index (χ1) is 29.7. The Balaban J connectivity index is 4.26. The van der Waals surface area contributed by atoms with E-state index < -0.39 is 51.8 Å². The zero-order valence-corrected chi connectivity index (χ0v) is 39.8. The van der Waals surface area contributed by atoms with Crippen molar-refractivity contribution in [3.05, 3.63) is 48.6 Å². The molecule has 0 aromatic heterocycles. The van der Waals surface area contributed by atoms with Crippen LogP contribution in [-0.2, 0) is 32.7 Å². The molecule has 0 aromatic carbocycles. The molecule has 0 saturated heterocycles. The van der Waals surface area contributed by atoms with Crippen molar-refractivity contribution in [1.29, 1.82) is 0 Å². The van der Waals surface area contributed by atoms with Crippen LogP contribution in [0.15, 0.2) is 48.6 Å². The maximum Gasteiger partial charge on any atom is 0.472 e. The minimum atomic E-state index is -4.63. The molecule has 61 heavy (non-hydrogen) atoms. The number of rotatable bonds is 46. The number of phosphoric acid groups is 1. The van der Waals surface area contributed by atoms with E-state index in [-0.39, 0.29) is 19.4 Å². The minimum Gasteiger partial charge on any atom is -0.462 e. The second-order valence-corrected chi connectivity index (χ2v) is 17.9. The van der Waals surface area contributed by atoms with Gasteiger partial charge in [-0.2, -0.15) is 0 Å². The molecule has 0 rings (SSSR count). The van der Waals surface area contributed by atoms with Crippen molar-refractivity contribution >= 4 is 19.8 Å². The Bertz CT molecular complexity index is 1150. The molecule has 0 aliphatic carbocycles. The summed E-state index contributed by atoms with van der Waals surface area (Å²) in [4.78, 5) is 35.1. The van der Waals surface area contributed by atoms with Gasteiger partial charge in [0.15, 0.2) is 6.10 Å². The Morgan fingerprint density at radius 3 is 1.31 bits per heavy atom. The lowest BCUT2D eigenvalue weighted by molar-refractivity contribution is -0.161. The van der Waals surface area contributed by atoms with Gasteiger partial charge in [0.25, 0.3) is 0 Å². The van der Waals surface area contributed by atoms with Gasteiger partial charge in [-0.15, -0.1) is 0 Å². The number of hydrogen-bond donors (Lipinski definition) is 3. The third-order valence-electron chi connectivity index (χ3n) is 10.5. The van der Waals surface area contributed by atoms with E-state index in [0.717, 1.165) is 57.8 Å². The number of aliphatic hydroxyl groups excluding tert-OH is 2. The van der Waals surface area contributed by atoms with Gasteiger partial charge in [0.05, 0.1) is 19.8 Å². The molecule has 1 unspecified atom stereocenters. The number of ether oxygens (including phenoxy) is 2. The summed E-state index contributed by atoms with van der Waals surface area (Å²) in [6, 6.07) is 0. The molecule has 0 aliphatic heterocycles. The van der Waals surface area contributed by atoms with E-state index >= 15 is 0 Å². The zero-order valence-electron chi connectivity index (χ0n) is 38.9. The lowest BCUT2D eigenvalue weighted by atomic mass is 10.0. The summed E-state index contributed by atoms with van der Waals surface area (Å²) < 4.78 is 32.8. The molecule has 0 saturated carbocycles. The summed E-state index contributed by atoms with van der Waals surface area (Å²) in [5.41, 5.74) is 0. The van der Waals surface area contributed by atoms with E-state index in [1.54, 1.807) is 0 Å². The Hall–Kier alpha value is -2.07. The summed E-state index contributed by atoms with van der Waals surface area (Å²) in [6.07, 6.45) is 50.7. The van der Waals surface area contributed by atoms with Gasteiger partial charge in [0, 0.05) is 12.8 Å². The number of phosphoric ester groups is 1. The Morgan fingerprint density at radius 1 is 0.492 bits per heavy atom. The Labute approximate surface area is 373 Å². The van der Waals surface area contributed by atoms with Crippen molar-refractivity contribution in [2.75, 3.05) is 26.4 Å². The van der Waals surface area contributed by atoms with Crippen molar-refractivity contribution in [2.45, 2.75) is 232 Å². The van der Waals surface area contributed by atoms with Gasteiger partial charge in [0.2, 0.25) is 0 Å². The third kappa shape index (κ3) is 45.8. The van der Waals surface area contributed by atoms with Gasteiger partial charge >= 0.3 is 19.8 Å². The number of hydrogen-bond acceptors (Lipinski definition) is 9. The summed E-state index contributed by atoms with van der Waals surface area (Å²) in [7, 11) is -4.63. The lowest BCUT2D eigenvalue weighted by Gasteiger charge is -2.20. The second-order valence-electron chi connectivity index (χ2n) is 16.5. The smallest absolute Gasteiger partial charge is 0.462 e. The van der Waals surface area contributed by atoms with Crippen molar-refractivity contribution in [3.63, 3.8) is 0 Å². The van der Waals surface area contributed by atoms with Crippen LogP contribution >= 0.6 is 7.82 Å². The highest BCUT2D eigenvalue weighted by Crippen LogP contribution is 2.43. The van der Waals surface area contributed by atoms with Crippen LogP contribution in [0.4, 0.5) is 0 Å². The molecule has 0 aromatic rings. The molecule has 356 valence electrons. The molecule has 11 heteroatoms. The van der Waals surface area contributed by atoms with E-state index in [1.807, 2.05) is 0 Å². The van der Waals surface area contributed by atoms with Crippen LogP contribution in [-0.4, -0.2) is 65.7 Å². The highest BCUT2D eigenvalue weighted by atomic mass is 31.2. The van der Waals surface area contributed by atoms with E-state index in [9.17, 15) is 24.2 Å². The SMILES string of the molecule is CCCCC/C=C/C/C=C/C/C=C/C/C=C/CCCCCC(=O)OC[C@H](COP(=O)(O)OC[C@@H](O)CO)OC(=O)CCCCCCCCCCCCCCCCCCCCC. The monoisotopic (exact) mass is 883 g/mol. The molecular weight excluding hydrogens is 792 g/mol. The zero-order chi connectivity index (χ0) is 44.8. The fraction of sp³-hybridized carbons (Fsp3) is 0.800. The summed E-state index contributed by atoms with van der Waals surface area (Å²) in [5, 5.41) is 18.4. The molecule has 0 aliphatic rings. The molecule has 0 spiro atoms. The number of carbonyl (C=O) groups is 2. The fourth-order valence-electron chi connectivity index (χ4n) is 6.68. The summed E-state index contributed by atoms with van der Waals surface area (Å²) >= 11 is 0. The average Bonchev–Trinajstić information content (AvgIpc) is 3.25. The first-order valence-electron chi connectivity index (χ1n) is 24.6. The van der Waals surface area contributed by atoms with Gasteiger partial charge in [0.1, 0.15) is 12.7 Å². The van der Waals surface area contributed by atoms with Crippen molar-refractivity contribution in [3.8, 4) is 0 Å². The minimum absolute atomic E-state index is 0.179. The molecule has 3 atom stereocenters.